The number of carbonyl (C=O) groups excluding carboxylic acids is 1. The lowest BCUT2D eigenvalue weighted by Crippen LogP contribution is -2.33. The van der Waals surface area contributed by atoms with Crippen LogP contribution in [0.25, 0.3) is 0 Å². The van der Waals surface area contributed by atoms with Crippen molar-refractivity contribution in [1.29, 1.82) is 0 Å². The van der Waals surface area contributed by atoms with Gasteiger partial charge in [0.15, 0.2) is 6.61 Å². The molecule has 0 unspecified atom stereocenters. The minimum atomic E-state index is -0.460. The normalized spacial score (nSPS) is 10.3. The molecule has 0 aliphatic heterocycles. The number of ether oxygens (including phenoxy) is 1. The van der Waals surface area contributed by atoms with Gasteiger partial charge in [-0.05, 0) is 30.3 Å². The van der Waals surface area contributed by atoms with E-state index in [4.69, 9.17) is 62.7 Å². The van der Waals surface area contributed by atoms with Crippen LogP contribution >= 0.6 is 58.0 Å². The van der Waals surface area contributed by atoms with Crippen LogP contribution in [0.15, 0.2) is 30.3 Å². The molecule has 23 heavy (non-hydrogen) atoms. The summed E-state index contributed by atoms with van der Waals surface area (Å²) in [5, 5.41) is 1.70. The summed E-state index contributed by atoms with van der Waals surface area (Å²) in [5.74, 6) is -0.119. The number of halogens is 5. The van der Waals surface area contributed by atoms with Crippen molar-refractivity contribution in [3.8, 4) is 5.75 Å². The van der Waals surface area contributed by atoms with E-state index in [2.05, 4.69) is 10.9 Å². The average Bonchev–Trinajstić information content (AvgIpc) is 2.45. The first-order valence-electron chi connectivity index (χ1n) is 6.14. The molecular formula is C14H9Cl5N2O2. The maximum Gasteiger partial charge on any atom is 0.276 e. The highest BCUT2D eigenvalue weighted by Gasteiger charge is 2.10. The van der Waals surface area contributed by atoms with Crippen molar-refractivity contribution in [1.82, 2.24) is 5.43 Å². The number of rotatable bonds is 5. The molecule has 2 aromatic carbocycles. The topological polar surface area (TPSA) is 50.4 Å². The zero-order valence-corrected chi connectivity index (χ0v) is 15.1. The van der Waals surface area contributed by atoms with Crippen molar-refractivity contribution in [3.05, 3.63) is 55.4 Å². The number of nitrogens with one attached hydrogen (secondary N) is 2. The maximum absolute atomic E-state index is 11.8. The largest absolute Gasteiger partial charge is 0.482 e. The molecule has 4 nitrogen and oxygen atoms in total. The van der Waals surface area contributed by atoms with Crippen LogP contribution in [0, 0.1) is 0 Å². The van der Waals surface area contributed by atoms with E-state index in [1.807, 2.05) is 0 Å². The number of hydrogen-bond donors (Lipinski definition) is 2. The Hall–Kier alpha value is -1.04. The average molecular weight is 415 g/mol. The third-order valence-corrected chi connectivity index (χ3v) is 3.93. The van der Waals surface area contributed by atoms with Crippen molar-refractivity contribution in [3.63, 3.8) is 0 Å². The van der Waals surface area contributed by atoms with Gasteiger partial charge in [0.1, 0.15) is 5.75 Å². The van der Waals surface area contributed by atoms with Crippen LogP contribution in [0.4, 0.5) is 5.69 Å². The molecular weight excluding hydrogens is 405 g/mol. The highest BCUT2D eigenvalue weighted by atomic mass is 35.5. The lowest BCUT2D eigenvalue weighted by molar-refractivity contribution is -0.122. The van der Waals surface area contributed by atoms with Gasteiger partial charge in [0.2, 0.25) is 0 Å². The van der Waals surface area contributed by atoms with Crippen LogP contribution in [0.3, 0.4) is 0 Å². The monoisotopic (exact) mass is 412 g/mol. The Morgan fingerprint density at radius 3 is 2.13 bits per heavy atom. The van der Waals surface area contributed by atoms with E-state index in [9.17, 15) is 4.79 Å². The fraction of sp³-hybridized carbons (Fsp3) is 0.0714. The smallest absolute Gasteiger partial charge is 0.276 e. The minimum Gasteiger partial charge on any atom is -0.482 e. The van der Waals surface area contributed by atoms with Crippen LogP contribution in [0.5, 0.6) is 5.75 Å². The first-order valence-corrected chi connectivity index (χ1v) is 8.03. The second-order valence-corrected chi connectivity index (χ2v) is 6.38. The van der Waals surface area contributed by atoms with Gasteiger partial charge in [0.05, 0.1) is 20.8 Å². The Morgan fingerprint density at radius 2 is 1.52 bits per heavy atom. The van der Waals surface area contributed by atoms with Crippen molar-refractivity contribution in [2.24, 2.45) is 0 Å². The molecule has 2 aromatic rings. The zero-order chi connectivity index (χ0) is 17.0. The summed E-state index contributed by atoms with van der Waals surface area (Å²) in [6, 6.07) is 7.67. The van der Waals surface area contributed by atoms with Gasteiger partial charge in [0.25, 0.3) is 5.91 Å². The third-order valence-electron chi connectivity index (χ3n) is 2.59. The van der Waals surface area contributed by atoms with Gasteiger partial charge < -0.3 is 4.74 Å². The second kappa shape index (κ2) is 8.18. The quantitative estimate of drug-likeness (QED) is 0.638. The lowest BCUT2D eigenvalue weighted by Gasteiger charge is -2.13. The third kappa shape index (κ3) is 5.23. The van der Waals surface area contributed by atoms with Gasteiger partial charge in [-0.2, -0.15) is 0 Å². The Bertz CT molecular complexity index is 716. The van der Waals surface area contributed by atoms with E-state index in [0.717, 1.165) is 0 Å². The molecule has 0 atom stereocenters. The van der Waals surface area contributed by atoms with Crippen LogP contribution in [0.1, 0.15) is 0 Å². The summed E-state index contributed by atoms with van der Waals surface area (Å²) in [5.41, 5.74) is 5.35. The predicted molar refractivity (Wildman–Crippen MR) is 95.2 cm³/mol. The number of benzene rings is 2. The number of amides is 1. The van der Waals surface area contributed by atoms with E-state index in [0.29, 0.717) is 26.5 Å². The summed E-state index contributed by atoms with van der Waals surface area (Å²) in [6.45, 7) is -0.267. The van der Waals surface area contributed by atoms with Gasteiger partial charge in [-0.1, -0.05) is 58.0 Å². The van der Waals surface area contributed by atoms with Crippen LogP contribution < -0.4 is 15.6 Å². The predicted octanol–water partition coefficient (Wildman–Crippen LogP) is 5.48. The lowest BCUT2D eigenvalue weighted by atomic mass is 10.3. The Morgan fingerprint density at radius 1 is 0.913 bits per heavy atom. The van der Waals surface area contributed by atoms with Gasteiger partial charge in [-0.15, -0.1) is 0 Å². The van der Waals surface area contributed by atoms with Crippen LogP contribution in [0.2, 0.25) is 25.1 Å². The van der Waals surface area contributed by atoms with E-state index in [1.54, 1.807) is 12.1 Å². The van der Waals surface area contributed by atoms with Gasteiger partial charge >= 0.3 is 0 Å². The SMILES string of the molecule is O=C(COc1ccc(Cl)cc1Cl)NNc1c(Cl)cc(Cl)cc1Cl. The van der Waals surface area contributed by atoms with Gasteiger partial charge in [0, 0.05) is 10.0 Å². The molecule has 0 radical (unpaired) electrons. The van der Waals surface area contributed by atoms with Crippen LogP contribution in [-0.2, 0) is 4.79 Å². The number of hydrogen-bond acceptors (Lipinski definition) is 3. The molecule has 0 spiro atoms. The fourth-order valence-electron chi connectivity index (χ4n) is 1.57. The minimum absolute atomic E-state index is 0.267. The van der Waals surface area contributed by atoms with Crippen molar-refractivity contribution < 1.29 is 9.53 Å². The number of carbonyl (C=O) groups is 1. The highest BCUT2D eigenvalue weighted by Crippen LogP contribution is 2.33. The first-order chi connectivity index (χ1) is 10.9. The fourth-order valence-corrected chi connectivity index (χ4v) is 2.94. The molecule has 9 heteroatoms. The molecule has 0 saturated heterocycles. The molecule has 0 fully saturated rings. The van der Waals surface area contributed by atoms with Gasteiger partial charge in [-0.25, -0.2) is 0 Å². The Balaban J connectivity index is 1.91. The summed E-state index contributed by atoms with van der Waals surface area (Å²) >= 11 is 29.5. The summed E-state index contributed by atoms with van der Waals surface area (Å²) in [6.07, 6.45) is 0. The molecule has 122 valence electrons. The number of hydrazine groups is 1. The molecule has 0 bridgehead atoms. The van der Waals surface area contributed by atoms with E-state index < -0.39 is 5.91 Å². The standard InChI is InChI=1S/C14H9Cl5N2O2/c15-7-1-2-12(9(17)3-7)23-6-13(22)20-21-14-10(18)4-8(16)5-11(14)19/h1-5,21H,6H2,(H,20,22). The van der Waals surface area contributed by atoms with Crippen molar-refractivity contribution in [2.75, 3.05) is 12.0 Å². The molecule has 2 rings (SSSR count). The van der Waals surface area contributed by atoms with E-state index >= 15 is 0 Å². The van der Waals surface area contributed by atoms with Gasteiger partial charge in [-0.3, -0.25) is 15.6 Å². The molecule has 0 saturated carbocycles. The first kappa shape index (κ1) is 18.3. The Kier molecular flexibility index (Phi) is 6.50. The van der Waals surface area contributed by atoms with E-state index in [1.165, 1.54) is 18.2 Å². The molecule has 1 amide bonds. The maximum atomic E-state index is 11.8. The summed E-state index contributed by atoms with van der Waals surface area (Å²) < 4.78 is 5.29. The summed E-state index contributed by atoms with van der Waals surface area (Å²) in [7, 11) is 0. The second-order valence-electron chi connectivity index (χ2n) is 4.28. The van der Waals surface area contributed by atoms with Crippen LogP contribution in [-0.4, -0.2) is 12.5 Å². The summed E-state index contributed by atoms with van der Waals surface area (Å²) in [4.78, 5) is 11.8. The molecule has 0 aromatic heterocycles. The number of anilines is 1. The van der Waals surface area contributed by atoms with Crippen molar-refractivity contribution in [2.45, 2.75) is 0 Å². The van der Waals surface area contributed by atoms with Crippen molar-refractivity contribution >= 4 is 69.6 Å². The molecule has 0 aliphatic carbocycles. The molecule has 0 aliphatic rings. The zero-order valence-electron chi connectivity index (χ0n) is 11.3. The molecule has 0 heterocycles. The molecule has 2 N–H and O–H groups in total. The Labute approximate surface area is 157 Å². The highest BCUT2D eigenvalue weighted by molar-refractivity contribution is 6.41. The van der Waals surface area contributed by atoms with E-state index in [-0.39, 0.29) is 16.7 Å².